The molecule has 8 heteroatoms. The molecule has 132 valence electrons. The fraction of sp³-hybridized carbons (Fsp3) is 0.222. The molecule has 0 unspecified atom stereocenters. The molecule has 0 bridgehead atoms. The number of aromatic nitrogens is 4. The molecule has 3 heterocycles. The van der Waals surface area contributed by atoms with Gasteiger partial charge in [-0.25, -0.2) is 14.8 Å². The van der Waals surface area contributed by atoms with Gasteiger partial charge in [0.05, 0.1) is 30.7 Å². The van der Waals surface area contributed by atoms with Crippen molar-refractivity contribution in [2.24, 2.45) is 0 Å². The molecule has 1 amide bonds. The number of amides is 1. The Labute approximate surface area is 150 Å². The van der Waals surface area contributed by atoms with Gasteiger partial charge in [0.25, 0.3) is 0 Å². The number of nitrogens with zero attached hydrogens (tertiary/aromatic N) is 5. The number of benzene rings is 1. The molecule has 1 aliphatic heterocycles. The highest BCUT2D eigenvalue weighted by Gasteiger charge is 2.21. The van der Waals surface area contributed by atoms with Gasteiger partial charge in [-0.1, -0.05) is 30.3 Å². The van der Waals surface area contributed by atoms with Crippen LogP contribution in [0.1, 0.15) is 16.8 Å². The van der Waals surface area contributed by atoms with Crippen LogP contribution in [0.5, 0.6) is 0 Å². The van der Waals surface area contributed by atoms with E-state index in [-0.39, 0.29) is 6.54 Å². The summed E-state index contributed by atoms with van der Waals surface area (Å²) in [6.07, 6.45) is 5.08. The third-order valence-corrected chi connectivity index (χ3v) is 4.29. The second-order valence-corrected chi connectivity index (χ2v) is 6.16. The number of hydrogen-bond acceptors (Lipinski definition) is 5. The molecule has 0 saturated carbocycles. The van der Waals surface area contributed by atoms with E-state index in [1.54, 1.807) is 12.4 Å². The Hall–Kier alpha value is -3.42. The second-order valence-electron chi connectivity index (χ2n) is 6.16. The van der Waals surface area contributed by atoms with Crippen LogP contribution in [0, 0.1) is 0 Å². The Kier molecular flexibility index (Phi) is 4.22. The molecule has 8 nitrogen and oxygen atoms in total. The fourth-order valence-corrected chi connectivity index (χ4v) is 2.94. The van der Waals surface area contributed by atoms with E-state index in [4.69, 9.17) is 5.11 Å². The van der Waals surface area contributed by atoms with Gasteiger partial charge in [0.2, 0.25) is 5.95 Å². The first kappa shape index (κ1) is 16.1. The SMILES string of the molecule is O=C(O)N1CCc2cnc(Nc3cnn(Cc4ccccc4)c3)nc2C1. The summed E-state index contributed by atoms with van der Waals surface area (Å²) in [6.45, 7) is 1.45. The van der Waals surface area contributed by atoms with Crippen molar-refractivity contribution in [3.63, 3.8) is 0 Å². The van der Waals surface area contributed by atoms with Crippen LogP contribution in [0.4, 0.5) is 16.4 Å². The van der Waals surface area contributed by atoms with E-state index >= 15 is 0 Å². The zero-order valence-corrected chi connectivity index (χ0v) is 14.0. The minimum absolute atomic E-state index is 0.287. The van der Waals surface area contributed by atoms with Gasteiger partial charge >= 0.3 is 6.09 Å². The van der Waals surface area contributed by atoms with Gasteiger partial charge in [0.15, 0.2) is 0 Å². The summed E-state index contributed by atoms with van der Waals surface area (Å²) in [5, 5.41) is 16.6. The van der Waals surface area contributed by atoms with Crippen LogP contribution < -0.4 is 5.32 Å². The van der Waals surface area contributed by atoms with Crippen molar-refractivity contribution in [3.05, 3.63) is 65.7 Å². The maximum atomic E-state index is 11.1. The molecular formula is C18H18N6O2. The summed E-state index contributed by atoms with van der Waals surface area (Å²) in [7, 11) is 0. The first-order valence-electron chi connectivity index (χ1n) is 8.33. The Balaban J connectivity index is 1.46. The predicted molar refractivity (Wildman–Crippen MR) is 95.2 cm³/mol. The smallest absolute Gasteiger partial charge is 0.407 e. The lowest BCUT2D eigenvalue weighted by Crippen LogP contribution is -2.35. The molecule has 4 rings (SSSR count). The minimum atomic E-state index is -0.925. The Morgan fingerprint density at radius 2 is 2.08 bits per heavy atom. The van der Waals surface area contributed by atoms with Gasteiger partial charge in [0.1, 0.15) is 0 Å². The third-order valence-electron chi connectivity index (χ3n) is 4.29. The van der Waals surface area contributed by atoms with E-state index in [2.05, 4.69) is 32.5 Å². The van der Waals surface area contributed by atoms with Crippen LogP contribution in [0.15, 0.2) is 48.9 Å². The summed E-state index contributed by atoms with van der Waals surface area (Å²) in [5.74, 6) is 0.440. The molecular weight excluding hydrogens is 332 g/mol. The standard InChI is InChI=1S/C18H18N6O2/c25-18(26)23-7-6-14-8-19-17(22-16(14)12-23)21-15-9-20-24(11-15)10-13-4-2-1-3-5-13/h1-5,8-9,11H,6-7,10,12H2,(H,25,26)(H,19,21,22). The summed E-state index contributed by atoms with van der Waals surface area (Å²) in [6, 6.07) is 10.1. The van der Waals surface area contributed by atoms with Crippen LogP contribution in [-0.4, -0.2) is 42.4 Å². The first-order chi connectivity index (χ1) is 12.7. The van der Waals surface area contributed by atoms with Crippen molar-refractivity contribution in [3.8, 4) is 0 Å². The van der Waals surface area contributed by atoms with Gasteiger partial charge in [-0.3, -0.25) is 4.68 Å². The Morgan fingerprint density at radius 1 is 1.23 bits per heavy atom. The molecule has 0 fully saturated rings. The fourth-order valence-electron chi connectivity index (χ4n) is 2.94. The van der Waals surface area contributed by atoms with Crippen molar-refractivity contribution in [1.82, 2.24) is 24.6 Å². The van der Waals surface area contributed by atoms with Crippen molar-refractivity contribution in [1.29, 1.82) is 0 Å². The highest BCUT2D eigenvalue weighted by molar-refractivity contribution is 5.65. The van der Waals surface area contributed by atoms with Crippen LogP contribution >= 0.6 is 0 Å². The zero-order valence-electron chi connectivity index (χ0n) is 14.0. The van der Waals surface area contributed by atoms with E-state index in [0.29, 0.717) is 25.5 Å². The normalized spacial score (nSPS) is 13.3. The lowest BCUT2D eigenvalue weighted by atomic mass is 10.1. The highest BCUT2D eigenvalue weighted by Crippen LogP contribution is 2.19. The molecule has 0 aliphatic carbocycles. The zero-order chi connectivity index (χ0) is 17.9. The summed E-state index contributed by atoms with van der Waals surface area (Å²) in [5.41, 5.74) is 3.69. The van der Waals surface area contributed by atoms with Gasteiger partial charge in [-0.05, 0) is 17.5 Å². The third kappa shape index (κ3) is 3.49. The van der Waals surface area contributed by atoms with E-state index in [9.17, 15) is 4.79 Å². The van der Waals surface area contributed by atoms with Crippen molar-refractivity contribution < 1.29 is 9.90 Å². The number of fused-ring (bicyclic) bond motifs is 1. The molecule has 2 aromatic heterocycles. The molecule has 0 saturated heterocycles. The predicted octanol–water partition coefficient (Wildman–Crippen LogP) is 2.50. The number of hydrogen-bond donors (Lipinski definition) is 2. The Bertz CT molecular complexity index is 924. The lowest BCUT2D eigenvalue weighted by molar-refractivity contribution is 0.139. The molecule has 1 aliphatic rings. The Morgan fingerprint density at radius 3 is 2.88 bits per heavy atom. The van der Waals surface area contributed by atoms with Crippen molar-refractivity contribution in [2.75, 3.05) is 11.9 Å². The van der Waals surface area contributed by atoms with E-state index < -0.39 is 6.09 Å². The van der Waals surface area contributed by atoms with Gasteiger partial charge in [0, 0.05) is 18.9 Å². The topological polar surface area (TPSA) is 96.2 Å². The number of nitrogens with one attached hydrogen (secondary N) is 1. The summed E-state index contributed by atoms with van der Waals surface area (Å²) >= 11 is 0. The van der Waals surface area contributed by atoms with Crippen molar-refractivity contribution in [2.45, 2.75) is 19.5 Å². The lowest BCUT2D eigenvalue weighted by Gasteiger charge is -2.25. The van der Waals surface area contributed by atoms with Crippen molar-refractivity contribution >= 4 is 17.7 Å². The minimum Gasteiger partial charge on any atom is -0.465 e. The van der Waals surface area contributed by atoms with Crippen LogP contribution in [0.2, 0.25) is 0 Å². The summed E-state index contributed by atoms with van der Waals surface area (Å²) < 4.78 is 1.84. The molecule has 26 heavy (non-hydrogen) atoms. The largest absolute Gasteiger partial charge is 0.465 e. The molecule has 0 atom stereocenters. The van der Waals surface area contributed by atoms with Crippen LogP contribution in [-0.2, 0) is 19.5 Å². The molecule has 3 aromatic rings. The van der Waals surface area contributed by atoms with Gasteiger partial charge in [-0.15, -0.1) is 0 Å². The molecule has 0 radical (unpaired) electrons. The maximum absolute atomic E-state index is 11.1. The van der Waals surface area contributed by atoms with Crippen LogP contribution in [0.3, 0.4) is 0 Å². The molecule has 1 aromatic carbocycles. The molecule has 0 spiro atoms. The van der Waals surface area contributed by atoms with Gasteiger partial charge < -0.3 is 15.3 Å². The quantitative estimate of drug-likeness (QED) is 0.750. The molecule has 2 N–H and O–H groups in total. The van der Waals surface area contributed by atoms with Gasteiger partial charge in [-0.2, -0.15) is 5.10 Å². The van der Waals surface area contributed by atoms with E-state index in [0.717, 1.165) is 16.9 Å². The average molecular weight is 350 g/mol. The number of anilines is 2. The summed E-state index contributed by atoms with van der Waals surface area (Å²) in [4.78, 5) is 21.3. The monoisotopic (exact) mass is 350 g/mol. The first-order valence-corrected chi connectivity index (χ1v) is 8.33. The highest BCUT2D eigenvalue weighted by atomic mass is 16.4. The number of carbonyl (C=O) groups is 1. The van der Waals surface area contributed by atoms with E-state index in [1.807, 2.05) is 29.1 Å². The number of carboxylic acid groups (broad SMARTS) is 1. The number of rotatable bonds is 4. The maximum Gasteiger partial charge on any atom is 0.407 e. The van der Waals surface area contributed by atoms with E-state index in [1.165, 1.54) is 10.5 Å². The average Bonchev–Trinajstić information content (AvgIpc) is 3.08. The second kappa shape index (κ2) is 6.83. The van der Waals surface area contributed by atoms with Crippen LogP contribution in [0.25, 0.3) is 0 Å².